The van der Waals surface area contributed by atoms with Crippen LogP contribution in [-0.2, 0) is 73.5 Å². The smallest absolute Gasteiger partial charge is 0.397 e. The van der Waals surface area contributed by atoms with Crippen molar-refractivity contribution < 1.29 is 133 Å². The molecule has 9 atom stereocenters. The summed E-state index contributed by atoms with van der Waals surface area (Å²) in [6.07, 6.45) is -9.62. The second kappa shape index (κ2) is 33.1. The fourth-order valence-electron chi connectivity index (χ4n) is 9.90. The molecule has 39 nitrogen and oxygen atoms in total. The third-order valence-corrected chi connectivity index (χ3v) is 15.6. The third kappa shape index (κ3) is 17.4. The number of carbonyl (C=O) groups excluding carboxylic acids is 12. The molecule has 1 amide bonds. The number of rotatable bonds is 33. The van der Waals surface area contributed by atoms with Gasteiger partial charge in [0, 0.05) is 25.3 Å². The van der Waals surface area contributed by atoms with Crippen LogP contribution >= 0.6 is 0 Å². The maximum Gasteiger partial charge on any atom is 0.397 e. The molecule has 14 N–H and O–H groups in total. The maximum absolute atomic E-state index is 14.7. The van der Waals surface area contributed by atoms with Crippen LogP contribution in [0.25, 0.3) is 44.4 Å². The van der Waals surface area contributed by atoms with Crippen molar-refractivity contribution in [2.24, 2.45) is 40.3 Å². The van der Waals surface area contributed by atoms with Gasteiger partial charge in [-0.15, -0.1) is 0 Å². The number of carbonyl (C=O) groups is 12. The van der Waals surface area contributed by atoms with Gasteiger partial charge in [0.05, 0.1) is 65.8 Å². The van der Waals surface area contributed by atoms with Crippen LogP contribution in [0.2, 0.25) is 0 Å². The topological polar surface area (TPSA) is 599 Å². The van der Waals surface area contributed by atoms with Gasteiger partial charge in [-0.05, 0) is 60.2 Å². The van der Waals surface area contributed by atoms with E-state index in [9.17, 15) is 62.6 Å². The van der Waals surface area contributed by atoms with E-state index in [1.165, 1.54) is 90.8 Å². The van der Waals surface area contributed by atoms with Gasteiger partial charge in [0.25, 0.3) is 35.6 Å². The number of nitrogens with zero attached hydrogens (tertiary/aromatic N) is 4. The van der Waals surface area contributed by atoms with Crippen LogP contribution in [-0.4, -0.2) is 179 Å². The van der Waals surface area contributed by atoms with Crippen LogP contribution in [0.4, 0.5) is 0 Å². The average molecular weight is 1470 g/mol. The second-order valence-corrected chi connectivity index (χ2v) is 23.3. The standard InChI is InChI=1S/C67H67N11O28/c1-27(2)67(73,104-45(82)25-32(69)50(85)59-76-35-13-9-17-40(93-5)54(35)98-59)66(91)103-65(102-62(88)38(74-28(3)79)22-29-20-21-30(80)23-43(29)96-44(81)24-31(68)49(84)58-75-34-12-8-16-39(92-4)53(34)97-58)48(72)63(89)101-57(47(71)52(87)61-78-37-15-11-19-42(95-7)56(37)100-61)64(90)106-105-46(83)26-33(70)51(86)60-77-36-14-10-18-41(94-6)55(36)99-60/h8-21,23,27,31-33,38,47-48,57,65,80H,22,24-26,68-73H2,1-7H3,(H,74,79)/t31?,32?,33?,38-,47?,48+,57?,65-,67-/m0/s1. The van der Waals surface area contributed by atoms with E-state index in [-0.39, 0.29) is 73.0 Å². The number of para-hydroxylation sites is 4. The first-order chi connectivity index (χ1) is 50.4. The van der Waals surface area contributed by atoms with Crippen LogP contribution in [0.3, 0.4) is 0 Å². The normalized spacial score (nSPS) is 14.2. The Balaban J connectivity index is 0.994. The minimum absolute atomic E-state index is 0.00845. The van der Waals surface area contributed by atoms with Gasteiger partial charge in [-0.1, -0.05) is 44.2 Å². The highest BCUT2D eigenvalue weighted by molar-refractivity contribution is 6.04. The number of ether oxygens (including phenoxy) is 9. The molecule has 0 aliphatic carbocycles. The van der Waals surface area contributed by atoms with Gasteiger partial charge < -0.3 is 99.4 Å². The summed E-state index contributed by atoms with van der Waals surface area (Å²) in [6.45, 7) is 3.32. The number of amides is 1. The van der Waals surface area contributed by atoms with Crippen molar-refractivity contribution in [1.29, 1.82) is 0 Å². The van der Waals surface area contributed by atoms with Crippen LogP contribution in [0.5, 0.6) is 34.5 Å². The number of fused-ring (bicyclic) bond motifs is 4. The lowest BCUT2D eigenvalue weighted by Gasteiger charge is -2.33. The molecule has 0 radical (unpaired) electrons. The number of hydrogen-bond donors (Lipinski definition) is 8. The monoisotopic (exact) mass is 1470 g/mol. The number of aromatic nitrogens is 4. The van der Waals surface area contributed by atoms with Gasteiger partial charge in [-0.3, -0.25) is 44.1 Å². The van der Waals surface area contributed by atoms with Crippen molar-refractivity contribution in [2.75, 3.05) is 28.4 Å². The van der Waals surface area contributed by atoms with E-state index >= 15 is 0 Å². The molecule has 4 heterocycles. The van der Waals surface area contributed by atoms with Crippen molar-refractivity contribution >= 4 is 115 Å². The molecule has 0 spiro atoms. The van der Waals surface area contributed by atoms with Gasteiger partial charge in [0.15, 0.2) is 51.4 Å². The van der Waals surface area contributed by atoms with Gasteiger partial charge in [-0.25, -0.2) is 48.9 Å². The van der Waals surface area contributed by atoms with E-state index in [1.54, 1.807) is 24.3 Å². The first kappa shape index (κ1) is 77.3. The predicted molar refractivity (Wildman–Crippen MR) is 354 cm³/mol. The molecule has 9 aromatic rings. The molecule has 5 unspecified atom stereocenters. The lowest BCUT2D eigenvalue weighted by Crippen LogP contribution is -2.60. The fourth-order valence-corrected chi connectivity index (χ4v) is 9.90. The van der Waals surface area contributed by atoms with Crippen molar-refractivity contribution in [1.82, 2.24) is 25.3 Å². The number of hydrogen-bond acceptors (Lipinski definition) is 38. The number of Topliss-reactive ketones (excluding diaryl/α,β-unsaturated/α-hetero) is 4. The number of aromatic hydroxyl groups is 1. The SMILES string of the molecule is COc1cccc2nc(C(=O)C(N)CC(=O)OOC(=O)C(OC(=O)[C@@H](N)[C@@H](OC(=O)[C@H](Cc3ccc(O)cc3OC(=O)CC(N)C(=O)c3nc4cccc(OC)c4o3)NC(C)=O)OC(=O)[C@@](N)(OC(=O)CC(N)C(=O)c3nc4cccc(OC)c4o3)C(C)C)C(N)C(=O)c3nc4cccc(OC)c4o3)oc12. The molecule has 558 valence electrons. The Morgan fingerprint density at radius 2 is 0.906 bits per heavy atom. The Bertz CT molecular complexity index is 4910. The molecule has 39 heteroatoms. The van der Waals surface area contributed by atoms with Gasteiger partial charge in [0.1, 0.15) is 45.6 Å². The molecule has 5 aromatic carbocycles. The average Bonchev–Trinajstić information content (AvgIpc) is 1.65. The van der Waals surface area contributed by atoms with Crippen LogP contribution < -0.4 is 63.4 Å². The van der Waals surface area contributed by atoms with E-state index in [1.807, 2.05) is 0 Å². The molecule has 0 aliphatic heterocycles. The number of phenolic OH excluding ortho intramolecular Hbond substituents is 1. The summed E-state index contributed by atoms with van der Waals surface area (Å²) in [4.78, 5) is 192. The lowest BCUT2D eigenvalue weighted by atomic mass is 10.00. The minimum atomic E-state index is -3.05. The van der Waals surface area contributed by atoms with E-state index < -0.39 is 192 Å². The molecule has 0 bridgehead atoms. The Hall–Kier alpha value is -12.8. The minimum Gasteiger partial charge on any atom is -0.508 e. The number of ketones is 4. The molecule has 0 fully saturated rings. The fraction of sp³-hybridized carbons (Fsp3) is 0.313. The van der Waals surface area contributed by atoms with Crippen molar-refractivity contribution in [3.8, 4) is 34.5 Å². The largest absolute Gasteiger partial charge is 0.508 e. The predicted octanol–water partition coefficient (Wildman–Crippen LogP) is 1.46. The molecule has 0 aliphatic rings. The maximum atomic E-state index is 14.7. The van der Waals surface area contributed by atoms with Crippen molar-refractivity contribution in [3.63, 3.8) is 0 Å². The summed E-state index contributed by atoms with van der Waals surface area (Å²) >= 11 is 0. The van der Waals surface area contributed by atoms with E-state index in [4.69, 9.17) is 99.6 Å². The van der Waals surface area contributed by atoms with Crippen LogP contribution in [0.1, 0.15) is 88.3 Å². The highest BCUT2D eigenvalue weighted by Crippen LogP contribution is 2.33. The summed E-state index contributed by atoms with van der Waals surface area (Å²) in [5.41, 5.74) is 34.9. The van der Waals surface area contributed by atoms with E-state index in [0.29, 0.717) is 0 Å². The number of phenols is 1. The number of oxazole rings is 4. The molecule has 0 saturated heterocycles. The van der Waals surface area contributed by atoms with E-state index in [2.05, 4.69) is 30.1 Å². The summed E-state index contributed by atoms with van der Waals surface area (Å²) < 4.78 is 70.7. The molecular weight excluding hydrogens is 1410 g/mol. The van der Waals surface area contributed by atoms with Crippen LogP contribution in [0.15, 0.2) is 109 Å². The molecule has 9 rings (SSSR count). The van der Waals surface area contributed by atoms with Gasteiger partial charge >= 0.3 is 41.8 Å². The molecule has 0 saturated carbocycles. The zero-order valence-corrected chi connectivity index (χ0v) is 56.9. The number of nitrogens with one attached hydrogen (secondary N) is 1. The number of nitrogens with two attached hydrogens (primary N) is 6. The Kier molecular flexibility index (Phi) is 24.1. The number of benzene rings is 5. The number of methoxy groups -OCH3 is 4. The molecule has 4 aromatic heterocycles. The summed E-state index contributed by atoms with van der Waals surface area (Å²) in [5, 5.41) is 12.8. The molecular formula is C67H67N11O28. The van der Waals surface area contributed by atoms with Gasteiger partial charge in [-0.2, -0.15) is 0 Å². The summed E-state index contributed by atoms with van der Waals surface area (Å²) in [5.74, 6) is -21.7. The first-order valence-corrected chi connectivity index (χ1v) is 31.4. The van der Waals surface area contributed by atoms with Crippen molar-refractivity contribution in [2.45, 2.75) is 101 Å². The molecule has 106 heavy (non-hydrogen) atoms. The van der Waals surface area contributed by atoms with Crippen LogP contribution in [0, 0.1) is 5.92 Å². The van der Waals surface area contributed by atoms with Gasteiger partial charge in [0.2, 0.25) is 35.1 Å². The second-order valence-electron chi connectivity index (χ2n) is 23.3. The highest BCUT2D eigenvalue weighted by atomic mass is 17.2. The lowest BCUT2D eigenvalue weighted by molar-refractivity contribution is -0.265. The van der Waals surface area contributed by atoms with Crippen molar-refractivity contribution in [3.05, 3.63) is 120 Å². The first-order valence-electron chi connectivity index (χ1n) is 31.4. The van der Waals surface area contributed by atoms with E-state index in [0.717, 1.165) is 25.1 Å². The Morgan fingerprint density at radius 3 is 1.32 bits per heavy atom. The summed E-state index contributed by atoms with van der Waals surface area (Å²) in [6, 6.07) is 8.34. The Morgan fingerprint density at radius 1 is 0.491 bits per heavy atom. The summed E-state index contributed by atoms with van der Waals surface area (Å²) in [7, 11) is 5.26. The zero-order valence-electron chi connectivity index (χ0n) is 56.9. The third-order valence-electron chi connectivity index (χ3n) is 15.6. The number of esters is 5. The highest BCUT2D eigenvalue weighted by Gasteiger charge is 2.49. The zero-order chi connectivity index (χ0) is 77.2. The quantitative estimate of drug-likeness (QED) is 0.00549. The Labute approximate surface area is 595 Å².